The first-order valence-corrected chi connectivity index (χ1v) is 8.85. The Morgan fingerprint density at radius 3 is 2.40 bits per heavy atom. The van der Waals surface area contributed by atoms with Gasteiger partial charge in [0.15, 0.2) is 0 Å². The summed E-state index contributed by atoms with van der Waals surface area (Å²) >= 11 is 0. The van der Waals surface area contributed by atoms with Crippen molar-refractivity contribution in [3.05, 3.63) is 71.0 Å². The lowest BCUT2D eigenvalue weighted by atomic mass is 10.0. The third kappa shape index (κ3) is 5.42. The van der Waals surface area contributed by atoms with E-state index < -0.39 is 0 Å². The molecule has 25 heavy (non-hydrogen) atoms. The maximum atomic E-state index is 13.1. The van der Waals surface area contributed by atoms with E-state index in [0.717, 1.165) is 50.3 Å². The normalized spacial score (nSPS) is 16.1. The third-order valence-electron chi connectivity index (χ3n) is 4.54. The molecule has 2 aromatic carbocycles. The number of halogens is 1. The second-order valence-electron chi connectivity index (χ2n) is 6.46. The number of rotatable bonds is 4. The van der Waals surface area contributed by atoms with Crippen molar-refractivity contribution in [3.63, 3.8) is 0 Å². The standard InChI is InChI=1S/C22H24FNO/c1-18-2-4-19(5-3-18)8-12-22(24-14-16-25-17-15-24)13-9-20-6-10-21(23)11-7-20/h2-7,10-11,22H,9,13-17H2,1H3. The second-order valence-corrected chi connectivity index (χ2v) is 6.46. The van der Waals surface area contributed by atoms with Crippen LogP contribution in [-0.2, 0) is 11.2 Å². The van der Waals surface area contributed by atoms with Crippen LogP contribution in [0.3, 0.4) is 0 Å². The highest BCUT2D eigenvalue weighted by Gasteiger charge is 2.19. The van der Waals surface area contributed by atoms with E-state index in [1.54, 1.807) is 0 Å². The zero-order valence-corrected chi connectivity index (χ0v) is 14.7. The van der Waals surface area contributed by atoms with Crippen LogP contribution in [0.2, 0.25) is 0 Å². The molecule has 1 atom stereocenters. The summed E-state index contributed by atoms with van der Waals surface area (Å²) in [6.07, 6.45) is 1.83. The van der Waals surface area contributed by atoms with Gasteiger partial charge in [-0.2, -0.15) is 0 Å². The molecule has 0 aliphatic carbocycles. The Bertz CT molecular complexity index is 721. The predicted molar refractivity (Wildman–Crippen MR) is 99.0 cm³/mol. The molecule has 0 radical (unpaired) electrons. The molecule has 130 valence electrons. The SMILES string of the molecule is Cc1ccc(C#CC(CCc2ccc(F)cc2)N2CCOCC2)cc1. The van der Waals surface area contributed by atoms with Crippen LogP contribution in [0.25, 0.3) is 0 Å². The molecule has 0 amide bonds. The van der Waals surface area contributed by atoms with Crippen molar-refractivity contribution in [2.75, 3.05) is 26.3 Å². The summed E-state index contributed by atoms with van der Waals surface area (Å²) < 4.78 is 18.5. The Morgan fingerprint density at radius 2 is 1.72 bits per heavy atom. The number of hydrogen-bond acceptors (Lipinski definition) is 2. The minimum atomic E-state index is -0.187. The molecule has 0 spiro atoms. The molecule has 0 bridgehead atoms. The molecule has 0 saturated carbocycles. The predicted octanol–water partition coefficient (Wildman–Crippen LogP) is 3.82. The summed E-state index contributed by atoms with van der Waals surface area (Å²) in [4.78, 5) is 2.40. The van der Waals surface area contributed by atoms with Gasteiger partial charge >= 0.3 is 0 Å². The molecular formula is C22H24FNO. The number of aryl methyl sites for hydroxylation is 2. The highest BCUT2D eigenvalue weighted by molar-refractivity contribution is 5.37. The van der Waals surface area contributed by atoms with Crippen LogP contribution in [0, 0.1) is 24.6 Å². The molecule has 1 saturated heterocycles. The quantitative estimate of drug-likeness (QED) is 0.787. The lowest BCUT2D eigenvalue weighted by Crippen LogP contribution is -2.43. The molecule has 2 nitrogen and oxygen atoms in total. The zero-order chi connectivity index (χ0) is 17.5. The molecule has 1 aliphatic heterocycles. The van der Waals surface area contributed by atoms with Gasteiger partial charge in [0.1, 0.15) is 5.82 Å². The van der Waals surface area contributed by atoms with Gasteiger partial charge in [-0.05, 0) is 49.6 Å². The monoisotopic (exact) mass is 337 g/mol. The zero-order valence-electron chi connectivity index (χ0n) is 14.7. The number of morpholine rings is 1. The second kappa shape index (κ2) is 8.80. The number of nitrogens with zero attached hydrogens (tertiary/aromatic N) is 1. The van der Waals surface area contributed by atoms with Crippen LogP contribution in [0.4, 0.5) is 4.39 Å². The lowest BCUT2D eigenvalue weighted by molar-refractivity contribution is 0.0260. The van der Waals surface area contributed by atoms with Crippen LogP contribution < -0.4 is 0 Å². The van der Waals surface area contributed by atoms with Crippen LogP contribution in [0.1, 0.15) is 23.1 Å². The first-order valence-electron chi connectivity index (χ1n) is 8.85. The summed E-state index contributed by atoms with van der Waals surface area (Å²) in [6.45, 7) is 5.43. The number of ether oxygens (including phenoxy) is 1. The fraction of sp³-hybridized carbons (Fsp3) is 0.364. The van der Waals surface area contributed by atoms with Crippen molar-refractivity contribution in [2.45, 2.75) is 25.8 Å². The molecule has 0 N–H and O–H groups in total. The van der Waals surface area contributed by atoms with Gasteiger partial charge in [-0.15, -0.1) is 0 Å². The molecule has 2 aromatic rings. The number of benzene rings is 2. The topological polar surface area (TPSA) is 12.5 Å². The van der Waals surface area contributed by atoms with E-state index in [2.05, 4.69) is 47.9 Å². The van der Waals surface area contributed by atoms with Crippen molar-refractivity contribution >= 4 is 0 Å². The molecule has 1 fully saturated rings. The average molecular weight is 337 g/mol. The van der Waals surface area contributed by atoms with Crippen molar-refractivity contribution in [1.29, 1.82) is 0 Å². The first-order chi connectivity index (χ1) is 12.2. The van der Waals surface area contributed by atoms with E-state index in [1.165, 1.54) is 17.7 Å². The minimum Gasteiger partial charge on any atom is -0.379 e. The van der Waals surface area contributed by atoms with E-state index in [-0.39, 0.29) is 11.9 Å². The third-order valence-corrected chi connectivity index (χ3v) is 4.54. The molecule has 0 aromatic heterocycles. The summed E-state index contributed by atoms with van der Waals surface area (Å²) in [5, 5.41) is 0. The van der Waals surface area contributed by atoms with Gasteiger partial charge in [-0.25, -0.2) is 4.39 Å². The molecule has 3 heteroatoms. The maximum Gasteiger partial charge on any atom is 0.123 e. The van der Waals surface area contributed by atoms with E-state index >= 15 is 0 Å². The Labute approximate surface area is 149 Å². The van der Waals surface area contributed by atoms with E-state index in [4.69, 9.17) is 4.74 Å². The van der Waals surface area contributed by atoms with Crippen LogP contribution in [0.15, 0.2) is 48.5 Å². The Hall–Kier alpha value is -2.15. The smallest absolute Gasteiger partial charge is 0.123 e. The van der Waals surface area contributed by atoms with Crippen LogP contribution >= 0.6 is 0 Å². The van der Waals surface area contributed by atoms with Crippen LogP contribution in [-0.4, -0.2) is 37.2 Å². The maximum absolute atomic E-state index is 13.1. The molecule has 1 heterocycles. The van der Waals surface area contributed by atoms with E-state index in [1.807, 2.05) is 12.1 Å². The molecular weight excluding hydrogens is 313 g/mol. The van der Waals surface area contributed by atoms with Gasteiger partial charge in [0.05, 0.1) is 19.3 Å². The Balaban J connectivity index is 1.70. The summed E-state index contributed by atoms with van der Waals surface area (Å²) in [7, 11) is 0. The first kappa shape index (κ1) is 17.7. The van der Waals surface area contributed by atoms with Crippen molar-refractivity contribution < 1.29 is 9.13 Å². The Morgan fingerprint density at radius 1 is 1.04 bits per heavy atom. The molecule has 3 rings (SSSR count). The summed E-state index contributed by atoms with van der Waals surface area (Å²) in [5.41, 5.74) is 3.44. The van der Waals surface area contributed by atoms with Crippen LogP contribution in [0.5, 0.6) is 0 Å². The lowest BCUT2D eigenvalue weighted by Gasteiger charge is -2.31. The summed E-state index contributed by atoms with van der Waals surface area (Å²) in [5.74, 6) is 6.59. The largest absolute Gasteiger partial charge is 0.379 e. The number of hydrogen-bond donors (Lipinski definition) is 0. The highest BCUT2D eigenvalue weighted by Crippen LogP contribution is 2.13. The van der Waals surface area contributed by atoms with E-state index in [9.17, 15) is 4.39 Å². The van der Waals surface area contributed by atoms with Gasteiger partial charge in [-0.3, -0.25) is 4.90 Å². The van der Waals surface area contributed by atoms with Crippen molar-refractivity contribution in [1.82, 2.24) is 4.90 Å². The van der Waals surface area contributed by atoms with Gasteiger partial charge < -0.3 is 4.74 Å². The van der Waals surface area contributed by atoms with Crippen molar-refractivity contribution in [3.8, 4) is 11.8 Å². The van der Waals surface area contributed by atoms with Gasteiger partial charge in [0.25, 0.3) is 0 Å². The fourth-order valence-corrected chi connectivity index (χ4v) is 2.99. The Kier molecular flexibility index (Phi) is 6.22. The minimum absolute atomic E-state index is 0.187. The fourth-order valence-electron chi connectivity index (χ4n) is 2.99. The van der Waals surface area contributed by atoms with Gasteiger partial charge in [-0.1, -0.05) is 41.7 Å². The summed E-state index contributed by atoms with van der Waals surface area (Å²) in [6, 6.07) is 15.3. The molecule has 1 unspecified atom stereocenters. The molecule has 1 aliphatic rings. The van der Waals surface area contributed by atoms with Gasteiger partial charge in [0, 0.05) is 18.7 Å². The highest BCUT2D eigenvalue weighted by atomic mass is 19.1. The van der Waals surface area contributed by atoms with E-state index in [0.29, 0.717) is 0 Å². The van der Waals surface area contributed by atoms with Crippen molar-refractivity contribution in [2.24, 2.45) is 0 Å². The average Bonchev–Trinajstić information content (AvgIpc) is 2.65. The van der Waals surface area contributed by atoms with Gasteiger partial charge in [0.2, 0.25) is 0 Å².